The first-order chi connectivity index (χ1) is 19.9. The molecule has 2 aromatic rings. The minimum atomic E-state index is -0.222. The lowest BCUT2D eigenvalue weighted by atomic mass is 9.88. The van der Waals surface area contributed by atoms with E-state index in [9.17, 15) is 19.2 Å². The third-order valence-electron chi connectivity index (χ3n) is 8.36. The maximum absolute atomic E-state index is 12.9. The molecule has 2 unspecified atom stereocenters. The summed E-state index contributed by atoms with van der Waals surface area (Å²) in [5.41, 5.74) is 4.61. The molecule has 5 rings (SSSR count). The van der Waals surface area contributed by atoms with E-state index in [0.29, 0.717) is 45.3 Å². The summed E-state index contributed by atoms with van der Waals surface area (Å²) in [6.07, 6.45) is 3.03. The van der Waals surface area contributed by atoms with Gasteiger partial charge in [-0.3, -0.25) is 29.4 Å². The number of rotatable bonds is 11. The largest absolute Gasteiger partial charge is 0.492 e. The van der Waals surface area contributed by atoms with Gasteiger partial charge in [0.05, 0.1) is 19.6 Å². The van der Waals surface area contributed by atoms with Crippen LogP contribution >= 0.6 is 0 Å². The molecule has 0 aromatic heterocycles. The number of aryl methyl sites for hydroxylation is 1. The maximum Gasteiger partial charge on any atom is 0.229 e. The second kappa shape index (κ2) is 13.4. The summed E-state index contributed by atoms with van der Waals surface area (Å²) < 4.78 is 11.4. The third-order valence-corrected chi connectivity index (χ3v) is 8.36. The molecule has 218 valence electrons. The Bertz CT molecular complexity index is 1300. The first-order valence-electron chi connectivity index (χ1n) is 14.6. The number of carbonyl (C=O) groups is 4. The van der Waals surface area contributed by atoms with Gasteiger partial charge in [-0.2, -0.15) is 0 Å². The van der Waals surface area contributed by atoms with Crippen molar-refractivity contribution in [1.29, 1.82) is 0 Å². The first-order valence-corrected chi connectivity index (χ1v) is 14.6. The van der Waals surface area contributed by atoms with E-state index in [1.54, 1.807) is 0 Å². The zero-order valence-electron chi connectivity index (χ0n) is 23.7. The molecule has 9 heteroatoms. The summed E-state index contributed by atoms with van der Waals surface area (Å²) >= 11 is 0. The number of nitrogens with zero attached hydrogens (tertiary/aromatic N) is 1. The molecule has 9 nitrogen and oxygen atoms in total. The highest BCUT2D eigenvalue weighted by Crippen LogP contribution is 2.32. The number of ether oxygens (including phenoxy) is 2. The summed E-state index contributed by atoms with van der Waals surface area (Å²) in [4.78, 5) is 51.5. The Balaban J connectivity index is 1.08. The molecule has 0 saturated carbocycles. The molecule has 0 radical (unpaired) electrons. The smallest absolute Gasteiger partial charge is 0.229 e. The van der Waals surface area contributed by atoms with E-state index in [-0.39, 0.29) is 41.8 Å². The van der Waals surface area contributed by atoms with Crippen LogP contribution in [-0.2, 0) is 38.5 Å². The summed E-state index contributed by atoms with van der Waals surface area (Å²) in [7, 11) is 0. The van der Waals surface area contributed by atoms with Gasteiger partial charge in [0.15, 0.2) is 5.78 Å². The van der Waals surface area contributed by atoms with Gasteiger partial charge in [0, 0.05) is 50.0 Å². The van der Waals surface area contributed by atoms with Crippen molar-refractivity contribution in [1.82, 2.24) is 15.5 Å². The number of amides is 3. The Labute approximate surface area is 241 Å². The van der Waals surface area contributed by atoms with E-state index in [4.69, 9.17) is 9.47 Å². The number of piperidine rings is 1. The van der Waals surface area contributed by atoms with E-state index >= 15 is 0 Å². The number of imide groups is 1. The zero-order chi connectivity index (χ0) is 28.8. The van der Waals surface area contributed by atoms with Gasteiger partial charge in [-0.15, -0.1) is 0 Å². The molecule has 2 aromatic carbocycles. The second-order valence-corrected chi connectivity index (χ2v) is 11.3. The van der Waals surface area contributed by atoms with Gasteiger partial charge in [-0.1, -0.05) is 30.3 Å². The Morgan fingerprint density at radius 1 is 1.05 bits per heavy atom. The average Bonchev–Trinajstić information content (AvgIpc) is 3.28. The van der Waals surface area contributed by atoms with Crippen molar-refractivity contribution in [2.24, 2.45) is 11.8 Å². The number of nitrogens with one attached hydrogen (secondary N) is 2. The highest BCUT2D eigenvalue weighted by Gasteiger charge is 2.33. The van der Waals surface area contributed by atoms with Gasteiger partial charge < -0.3 is 14.8 Å². The molecule has 2 fully saturated rings. The van der Waals surface area contributed by atoms with Gasteiger partial charge in [0.1, 0.15) is 12.4 Å². The van der Waals surface area contributed by atoms with E-state index in [1.165, 1.54) is 0 Å². The van der Waals surface area contributed by atoms with Crippen LogP contribution in [-0.4, -0.2) is 67.9 Å². The van der Waals surface area contributed by atoms with Crippen LogP contribution in [0.2, 0.25) is 0 Å². The molecule has 41 heavy (non-hydrogen) atoms. The van der Waals surface area contributed by atoms with Crippen LogP contribution in [0.15, 0.2) is 36.4 Å². The number of Topliss-reactive ketones (excluding diaryl/α,β-unsaturated/α-hetero) is 1. The van der Waals surface area contributed by atoms with Gasteiger partial charge in [-0.25, -0.2) is 0 Å². The quantitative estimate of drug-likeness (QED) is 0.406. The SMILES string of the molecule is Cc1ccc(CC(=O)NCc2ccc3c(c2)CC(CCC2CCC(=O)NC2=O)C3=O)cc1OCCN1CCOCC1. The number of carbonyl (C=O) groups excluding carboxylic acids is 4. The number of hydrogen-bond donors (Lipinski definition) is 2. The van der Waals surface area contributed by atoms with Crippen molar-refractivity contribution in [3.05, 3.63) is 64.2 Å². The number of hydrogen-bond acceptors (Lipinski definition) is 7. The standard InChI is InChI=1S/C32H39N3O6/c1-21-2-3-22(17-28(21)41-15-12-35-10-13-40-14-11-35)18-30(37)33-20-23-4-8-27-26(16-23)19-25(31(27)38)6-5-24-7-9-29(36)34-32(24)39/h2-4,8,16-17,24-25H,5-7,9-15,18-20H2,1H3,(H,33,37)(H,34,36,39). The minimum Gasteiger partial charge on any atom is -0.492 e. The van der Waals surface area contributed by atoms with E-state index in [0.717, 1.165) is 66.4 Å². The fraction of sp³-hybridized carbons (Fsp3) is 0.500. The molecule has 2 atom stereocenters. The van der Waals surface area contributed by atoms with Gasteiger partial charge in [-0.05, 0) is 60.9 Å². The fourth-order valence-corrected chi connectivity index (χ4v) is 5.86. The zero-order valence-corrected chi connectivity index (χ0v) is 23.7. The summed E-state index contributed by atoms with van der Waals surface area (Å²) in [5.74, 6) is 0.0488. The topological polar surface area (TPSA) is 114 Å². The molecule has 3 aliphatic rings. The molecule has 0 bridgehead atoms. The Kier molecular flexibility index (Phi) is 9.46. The number of benzene rings is 2. The van der Waals surface area contributed by atoms with Crippen molar-refractivity contribution >= 4 is 23.5 Å². The van der Waals surface area contributed by atoms with Crippen molar-refractivity contribution < 1.29 is 28.7 Å². The maximum atomic E-state index is 12.9. The number of fused-ring (bicyclic) bond motifs is 1. The van der Waals surface area contributed by atoms with Gasteiger partial charge in [0.2, 0.25) is 17.7 Å². The molecular weight excluding hydrogens is 522 g/mol. The second-order valence-electron chi connectivity index (χ2n) is 11.3. The van der Waals surface area contributed by atoms with Crippen molar-refractivity contribution in [3.8, 4) is 5.75 Å². The van der Waals surface area contributed by atoms with Crippen LogP contribution in [0, 0.1) is 18.8 Å². The Morgan fingerprint density at radius 2 is 1.83 bits per heavy atom. The van der Waals surface area contributed by atoms with Crippen molar-refractivity contribution in [2.45, 2.75) is 52.0 Å². The molecule has 2 aliphatic heterocycles. The lowest BCUT2D eigenvalue weighted by Crippen LogP contribution is -2.40. The molecule has 2 N–H and O–H groups in total. The molecule has 2 heterocycles. The fourth-order valence-electron chi connectivity index (χ4n) is 5.86. The average molecular weight is 562 g/mol. The van der Waals surface area contributed by atoms with E-state index in [2.05, 4.69) is 15.5 Å². The molecule has 2 saturated heterocycles. The molecule has 0 spiro atoms. The number of ketones is 1. The predicted molar refractivity (Wildman–Crippen MR) is 153 cm³/mol. The van der Waals surface area contributed by atoms with Crippen LogP contribution in [0.5, 0.6) is 5.75 Å². The highest BCUT2D eigenvalue weighted by molar-refractivity contribution is 6.02. The van der Waals surface area contributed by atoms with Crippen LogP contribution in [0.3, 0.4) is 0 Å². The summed E-state index contributed by atoms with van der Waals surface area (Å²) in [6, 6.07) is 11.6. The number of morpholine rings is 1. The van der Waals surface area contributed by atoms with Gasteiger partial charge in [0.25, 0.3) is 0 Å². The van der Waals surface area contributed by atoms with Gasteiger partial charge >= 0.3 is 0 Å². The van der Waals surface area contributed by atoms with Crippen LogP contribution in [0.25, 0.3) is 0 Å². The van der Waals surface area contributed by atoms with Crippen LogP contribution < -0.4 is 15.4 Å². The molecule has 3 amide bonds. The lowest BCUT2D eigenvalue weighted by Gasteiger charge is -2.26. The lowest BCUT2D eigenvalue weighted by molar-refractivity contribution is -0.136. The highest BCUT2D eigenvalue weighted by atomic mass is 16.5. The molecule has 1 aliphatic carbocycles. The van der Waals surface area contributed by atoms with Crippen molar-refractivity contribution in [3.63, 3.8) is 0 Å². The van der Waals surface area contributed by atoms with Crippen LogP contribution in [0.1, 0.15) is 58.3 Å². The minimum absolute atomic E-state index is 0.0770. The van der Waals surface area contributed by atoms with E-state index in [1.807, 2.05) is 43.3 Å². The predicted octanol–water partition coefficient (Wildman–Crippen LogP) is 2.75. The summed E-state index contributed by atoms with van der Waals surface area (Å²) in [6.45, 7) is 7.21. The monoisotopic (exact) mass is 561 g/mol. The third kappa shape index (κ3) is 7.59. The van der Waals surface area contributed by atoms with Crippen molar-refractivity contribution in [2.75, 3.05) is 39.5 Å². The Hall–Kier alpha value is -3.56. The van der Waals surface area contributed by atoms with E-state index < -0.39 is 0 Å². The first kappa shape index (κ1) is 29.0. The summed E-state index contributed by atoms with van der Waals surface area (Å²) in [5, 5.41) is 5.40. The Morgan fingerprint density at radius 3 is 2.63 bits per heavy atom. The van der Waals surface area contributed by atoms with Crippen LogP contribution in [0.4, 0.5) is 0 Å². The normalized spacial score (nSPS) is 21.0. The molecular formula is C32H39N3O6.